The molecule has 6 nitrogen and oxygen atoms in total. The van der Waals surface area contributed by atoms with Crippen LogP contribution in [0.15, 0.2) is 42.5 Å². The smallest absolute Gasteiger partial charge is 0.321 e. The van der Waals surface area contributed by atoms with Gasteiger partial charge in [-0.1, -0.05) is 46.3 Å². The number of β-amino-alcohol motifs (C(OH)–C–C–N with tert-alkyl or cyclic N) is 1. The third-order valence-electron chi connectivity index (χ3n) is 7.34. The molecule has 2 heterocycles. The number of halogens is 3. The first-order chi connectivity index (χ1) is 16.8. The molecule has 1 unspecified atom stereocenters. The number of carbonyl (C=O) groups excluding carboxylic acids is 1. The van der Waals surface area contributed by atoms with Crippen LogP contribution in [0.2, 0.25) is 5.02 Å². The van der Waals surface area contributed by atoms with Gasteiger partial charge in [-0.15, -0.1) is 0 Å². The zero-order valence-corrected chi connectivity index (χ0v) is 22.5. The van der Waals surface area contributed by atoms with Crippen molar-refractivity contribution in [2.75, 3.05) is 38.0 Å². The fourth-order valence-electron chi connectivity index (χ4n) is 4.99. The number of nitrogens with one attached hydrogen (secondary N) is 1. The third-order valence-corrected chi connectivity index (χ3v) is 8.53. The van der Waals surface area contributed by atoms with Crippen LogP contribution in [0, 0.1) is 5.82 Å². The molecule has 9 heteroatoms. The number of rotatable bonds is 6. The number of amides is 2. The van der Waals surface area contributed by atoms with E-state index < -0.39 is 11.7 Å². The maximum atomic E-state index is 13.2. The fraction of sp³-hybridized carbons (Fsp3) is 0.500. The van der Waals surface area contributed by atoms with Gasteiger partial charge in [-0.25, -0.2) is 9.18 Å². The van der Waals surface area contributed by atoms with Gasteiger partial charge in [-0.05, 0) is 86.1 Å². The van der Waals surface area contributed by atoms with Crippen molar-refractivity contribution in [3.63, 3.8) is 0 Å². The second kappa shape index (κ2) is 11.7. The van der Waals surface area contributed by atoms with Crippen molar-refractivity contribution in [1.82, 2.24) is 9.80 Å². The van der Waals surface area contributed by atoms with E-state index in [2.05, 4.69) is 32.8 Å². The molecule has 2 fully saturated rings. The number of alkyl halides is 1. The predicted octanol–water partition coefficient (Wildman–Crippen LogP) is 5.01. The van der Waals surface area contributed by atoms with Crippen LogP contribution in [0.25, 0.3) is 0 Å². The minimum Gasteiger partial charge on any atom is -0.389 e. The molecule has 3 N–H and O–H groups in total. The Morgan fingerprint density at radius 2 is 1.80 bits per heavy atom. The van der Waals surface area contributed by atoms with Gasteiger partial charge in [0.2, 0.25) is 0 Å². The summed E-state index contributed by atoms with van der Waals surface area (Å²) in [5, 5.41) is 25.6. The molecule has 0 spiro atoms. The lowest BCUT2D eigenvalue weighted by Crippen LogP contribution is -2.56. The lowest BCUT2D eigenvalue weighted by atomic mass is 9.84. The van der Waals surface area contributed by atoms with Gasteiger partial charge in [0, 0.05) is 34.8 Å². The summed E-state index contributed by atoms with van der Waals surface area (Å²) in [5.74, 6) is 0.170. The number of anilines is 1. The number of carbonyl (C=O) groups is 1. The summed E-state index contributed by atoms with van der Waals surface area (Å²) in [6.45, 7) is 2.80. The Morgan fingerprint density at radius 1 is 1.14 bits per heavy atom. The van der Waals surface area contributed by atoms with Crippen LogP contribution in [-0.2, 0) is 4.43 Å². The van der Waals surface area contributed by atoms with E-state index in [-0.39, 0.29) is 11.8 Å². The molecule has 2 aromatic carbocycles. The molecular formula is C26H32ClFIN3O3. The maximum absolute atomic E-state index is 13.2. The maximum Gasteiger partial charge on any atom is 0.321 e. The molecule has 2 aliphatic heterocycles. The van der Waals surface area contributed by atoms with Crippen molar-refractivity contribution >= 4 is 45.9 Å². The second-order valence-corrected chi connectivity index (χ2v) is 10.8. The Labute approximate surface area is 224 Å². The molecule has 0 aromatic heterocycles. The van der Waals surface area contributed by atoms with Crippen LogP contribution in [-0.4, -0.2) is 70.5 Å². The van der Waals surface area contributed by atoms with Crippen molar-refractivity contribution < 1.29 is 19.4 Å². The zero-order valence-electron chi connectivity index (χ0n) is 19.6. The molecule has 0 saturated carbocycles. The molecular weight excluding hydrogens is 584 g/mol. The van der Waals surface area contributed by atoms with E-state index in [4.69, 9.17) is 11.6 Å². The normalized spacial score (nSPS) is 20.0. The Kier molecular flexibility index (Phi) is 8.91. The SMILES string of the molecule is O=C(Nc1ccc(Cl)c(CI)c1)N1CCC(O)(C(O)CN2CCC(c3ccc(F)cc3)CC2)CC1. The minimum absolute atomic E-state index is 0.217. The lowest BCUT2D eigenvalue weighted by Gasteiger charge is -2.43. The monoisotopic (exact) mass is 615 g/mol. The molecule has 0 radical (unpaired) electrons. The largest absolute Gasteiger partial charge is 0.389 e. The number of piperidine rings is 2. The summed E-state index contributed by atoms with van der Waals surface area (Å²) < 4.78 is 13.9. The molecule has 2 aliphatic rings. The summed E-state index contributed by atoms with van der Waals surface area (Å²) in [6, 6.07) is 11.9. The third kappa shape index (κ3) is 6.65. The molecule has 2 saturated heterocycles. The average Bonchev–Trinajstić information content (AvgIpc) is 2.86. The molecule has 2 aromatic rings. The van der Waals surface area contributed by atoms with Gasteiger partial charge in [0.1, 0.15) is 5.82 Å². The summed E-state index contributed by atoms with van der Waals surface area (Å²) in [5.41, 5.74) is 1.60. The van der Waals surface area contributed by atoms with Crippen LogP contribution >= 0.6 is 34.2 Å². The van der Waals surface area contributed by atoms with E-state index in [0.29, 0.717) is 49.1 Å². The molecule has 4 rings (SSSR count). The molecule has 1 atom stereocenters. The summed E-state index contributed by atoms with van der Waals surface area (Å²) >= 11 is 8.39. The Bertz CT molecular complexity index is 1010. The van der Waals surface area contributed by atoms with E-state index in [1.807, 2.05) is 18.2 Å². The van der Waals surface area contributed by atoms with Crippen molar-refractivity contribution in [2.24, 2.45) is 0 Å². The van der Waals surface area contributed by atoms with Gasteiger partial charge < -0.3 is 25.3 Å². The molecule has 2 amide bonds. The Balaban J connectivity index is 1.24. The average molecular weight is 616 g/mol. The zero-order chi connectivity index (χ0) is 25.0. The quantitative estimate of drug-likeness (QED) is 0.316. The Hall–Kier alpha value is -1.46. The number of likely N-dealkylation sites (tertiary alicyclic amines) is 2. The molecule has 0 aliphatic carbocycles. The van der Waals surface area contributed by atoms with Crippen LogP contribution in [0.3, 0.4) is 0 Å². The van der Waals surface area contributed by atoms with Crippen molar-refractivity contribution in [3.8, 4) is 0 Å². The van der Waals surface area contributed by atoms with Gasteiger partial charge in [0.25, 0.3) is 0 Å². The number of nitrogens with zero attached hydrogens (tertiary/aromatic N) is 2. The van der Waals surface area contributed by atoms with Crippen LogP contribution in [0.5, 0.6) is 0 Å². The van der Waals surface area contributed by atoms with Crippen LogP contribution < -0.4 is 5.32 Å². The lowest BCUT2D eigenvalue weighted by molar-refractivity contribution is -0.113. The van der Waals surface area contributed by atoms with Gasteiger partial charge in [0.05, 0.1) is 11.7 Å². The van der Waals surface area contributed by atoms with Crippen molar-refractivity contribution in [1.29, 1.82) is 0 Å². The van der Waals surface area contributed by atoms with E-state index in [9.17, 15) is 19.4 Å². The number of hydrogen-bond acceptors (Lipinski definition) is 4. The second-order valence-electron chi connectivity index (χ2n) is 9.60. The number of aliphatic hydroxyl groups excluding tert-OH is 1. The van der Waals surface area contributed by atoms with Crippen molar-refractivity contribution in [3.05, 3.63) is 64.4 Å². The first kappa shape index (κ1) is 26.6. The predicted molar refractivity (Wildman–Crippen MR) is 145 cm³/mol. The van der Waals surface area contributed by atoms with Gasteiger partial charge in [-0.2, -0.15) is 0 Å². The molecule has 190 valence electrons. The first-order valence-corrected chi connectivity index (χ1v) is 14.0. The van der Waals surface area contributed by atoms with Gasteiger partial charge in [0.15, 0.2) is 0 Å². The number of aliphatic hydroxyl groups is 2. The van der Waals surface area contributed by atoms with E-state index in [0.717, 1.165) is 41.5 Å². The van der Waals surface area contributed by atoms with Crippen LogP contribution in [0.4, 0.5) is 14.9 Å². The number of hydrogen-bond donors (Lipinski definition) is 3. The topological polar surface area (TPSA) is 76.0 Å². The molecule has 0 bridgehead atoms. The standard InChI is InChI=1S/C26H32ClFIN3O3/c27-23-6-5-22(15-20(23)16-29)30-25(34)32-13-9-26(35,10-14-32)24(33)17-31-11-7-19(8-12-31)18-1-3-21(28)4-2-18/h1-6,15,19,24,33,35H,7-14,16-17H2,(H,30,34). The van der Waals surface area contributed by atoms with E-state index in [1.165, 1.54) is 12.1 Å². The van der Waals surface area contributed by atoms with Gasteiger partial charge >= 0.3 is 6.03 Å². The minimum atomic E-state index is -1.21. The van der Waals surface area contributed by atoms with E-state index in [1.54, 1.807) is 17.0 Å². The molecule has 35 heavy (non-hydrogen) atoms. The van der Waals surface area contributed by atoms with Crippen LogP contribution in [0.1, 0.15) is 42.7 Å². The summed E-state index contributed by atoms with van der Waals surface area (Å²) in [4.78, 5) is 16.6. The van der Waals surface area contributed by atoms with Crippen molar-refractivity contribution in [2.45, 2.75) is 47.7 Å². The number of urea groups is 1. The first-order valence-electron chi connectivity index (χ1n) is 12.1. The van der Waals surface area contributed by atoms with E-state index >= 15 is 0 Å². The highest BCUT2D eigenvalue weighted by molar-refractivity contribution is 14.1. The van der Waals surface area contributed by atoms with Gasteiger partial charge in [-0.3, -0.25) is 0 Å². The Morgan fingerprint density at radius 3 is 2.43 bits per heavy atom. The highest BCUT2D eigenvalue weighted by atomic mass is 127. The summed E-state index contributed by atoms with van der Waals surface area (Å²) in [6.07, 6.45) is 1.65. The summed E-state index contributed by atoms with van der Waals surface area (Å²) in [7, 11) is 0. The fourth-order valence-corrected chi connectivity index (χ4v) is 6.03. The highest BCUT2D eigenvalue weighted by Gasteiger charge is 2.41. The number of benzene rings is 2. The highest BCUT2D eigenvalue weighted by Crippen LogP contribution is 2.31.